The Morgan fingerprint density at radius 3 is 2.19 bits per heavy atom. The molecular weight excluding hydrogens is 524 g/mol. The van der Waals surface area contributed by atoms with Crippen LogP contribution in [0.3, 0.4) is 0 Å². The Hall–Kier alpha value is -3.50. The second kappa shape index (κ2) is 12.2. The Bertz CT molecular complexity index is 1360. The minimum Gasteiger partial charge on any atom is -0.357 e. The lowest BCUT2D eigenvalue weighted by atomic mass is 10.0. The summed E-state index contributed by atoms with van der Waals surface area (Å²) in [5, 5.41) is 2.25. The van der Waals surface area contributed by atoms with Crippen LogP contribution in [0.2, 0.25) is 5.02 Å². The maximum atomic E-state index is 13.7. The summed E-state index contributed by atoms with van der Waals surface area (Å²) >= 11 is 5.85. The molecule has 7 nitrogen and oxygen atoms in total. The Kier molecular flexibility index (Phi) is 9.23. The number of likely N-dealkylation sites (N-methyl/N-ethyl adjacent to an activating group) is 1. The zero-order valence-corrected chi connectivity index (χ0v) is 21.8. The molecule has 0 fully saturated rings. The highest BCUT2D eigenvalue weighted by molar-refractivity contribution is 7.92. The van der Waals surface area contributed by atoms with E-state index in [0.29, 0.717) is 5.56 Å². The number of benzene rings is 3. The molecule has 3 aromatic carbocycles. The van der Waals surface area contributed by atoms with Gasteiger partial charge in [-0.05, 0) is 41.5 Å². The van der Waals surface area contributed by atoms with Crippen molar-refractivity contribution in [2.45, 2.75) is 19.0 Å². The molecule has 3 aromatic rings. The molecule has 0 aromatic heterocycles. The summed E-state index contributed by atoms with van der Waals surface area (Å²) in [7, 11) is -2.58. The summed E-state index contributed by atoms with van der Waals surface area (Å²) < 4.78 is 53.3. The number of carbonyl (C=O) groups excluding carboxylic acids is 2. The molecule has 1 atom stereocenters. The maximum Gasteiger partial charge on any atom is 0.244 e. The van der Waals surface area contributed by atoms with Gasteiger partial charge in [-0.3, -0.25) is 13.9 Å². The minimum absolute atomic E-state index is 0.0106. The number of sulfonamides is 1. The van der Waals surface area contributed by atoms with E-state index < -0.39 is 46.1 Å². The van der Waals surface area contributed by atoms with Gasteiger partial charge >= 0.3 is 0 Å². The van der Waals surface area contributed by atoms with Crippen molar-refractivity contribution < 1.29 is 26.8 Å². The van der Waals surface area contributed by atoms with E-state index in [1.165, 1.54) is 42.3 Å². The molecule has 37 heavy (non-hydrogen) atoms. The highest BCUT2D eigenvalue weighted by Gasteiger charge is 2.32. The average Bonchev–Trinajstić information content (AvgIpc) is 2.87. The fraction of sp³-hybridized carbons (Fsp3) is 0.231. The molecular formula is C26H26ClF2N3O4S. The lowest BCUT2D eigenvalue weighted by Crippen LogP contribution is -2.52. The molecule has 1 unspecified atom stereocenters. The second-order valence-corrected chi connectivity index (χ2v) is 10.6. The Balaban J connectivity index is 2.03. The first kappa shape index (κ1) is 28.1. The fourth-order valence-electron chi connectivity index (χ4n) is 3.76. The van der Waals surface area contributed by atoms with Gasteiger partial charge in [0.2, 0.25) is 21.8 Å². The normalized spacial score (nSPS) is 12.0. The Morgan fingerprint density at radius 2 is 1.62 bits per heavy atom. The smallest absolute Gasteiger partial charge is 0.244 e. The quantitative estimate of drug-likeness (QED) is 0.417. The number of nitrogens with one attached hydrogen (secondary N) is 1. The SMILES string of the molecule is CNC(=O)C(Cc1ccccc1)N(Cc1ccc(F)cc1)C(=O)CN(c1ccc(F)c(Cl)c1)S(C)(=O)=O. The van der Waals surface area contributed by atoms with E-state index in [4.69, 9.17) is 11.6 Å². The molecule has 0 aliphatic carbocycles. The van der Waals surface area contributed by atoms with E-state index in [2.05, 4.69) is 5.32 Å². The van der Waals surface area contributed by atoms with E-state index in [0.717, 1.165) is 28.3 Å². The zero-order chi connectivity index (χ0) is 27.2. The summed E-state index contributed by atoms with van der Waals surface area (Å²) in [4.78, 5) is 27.9. The van der Waals surface area contributed by atoms with Gasteiger partial charge in [0.15, 0.2) is 0 Å². The topological polar surface area (TPSA) is 86.8 Å². The van der Waals surface area contributed by atoms with Crippen molar-refractivity contribution in [3.05, 3.63) is 101 Å². The zero-order valence-electron chi connectivity index (χ0n) is 20.2. The van der Waals surface area contributed by atoms with Crippen molar-refractivity contribution in [1.29, 1.82) is 0 Å². The van der Waals surface area contributed by atoms with Crippen molar-refractivity contribution >= 4 is 39.1 Å². The second-order valence-electron chi connectivity index (χ2n) is 8.34. The van der Waals surface area contributed by atoms with Gasteiger partial charge in [0.05, 0.1) is 17.0 Å². The lowest BCUT2D eigenvalue weighted by molar-refractivity contribution is -0.139. The number of anilines is 1. The largest absolute Gasteiger partial charge is 0.357 e. The standard InChI is InChI=1S/C26H26ClF2N3O4S/c1-30-26(34)24(14-18-6-4-3-5-7-18)31(16-19-8-10-20(28)11-9-19)25(33)17-32(37(2,35)36)21-12-13-23(29)22(27)15-21/h3-13,15,24H,14,16-17H2,1-2H3,(H,30,34). The molecule has 0 saturated heterocycles. The van der Waals surface area contributed by atoms with Crippen LogP contribution in [-0.2, 0) is 32.6 Å². The Labute approximate surface area is 219 Å². The van der Waals surface area contributed by atoms with Crippen molar-refractivity contribution in [3.8, 4) is 0 Å². The summed E-state index contributed by atoms with van der Waals surface area (Å²) in [6.45, 7) is -0.768. The van der Waals surface area contributed by atoms with E-state index in [-0.39, 0.29) is 23.7 Å². The number of carbonyl (C=O) groups is 2. The molecule has 0 aliphatic heterocycles. The highest BCUT2D eigenvalue weighted by Crippen LogP contribution is 2.25. The average molecular weight is 550 g/mol. The van der Waals surface area contributed by atoms with Gasteiger partial charge < -0.3 is 10.2 Å². The third-order valence-electron chi connectivity index (χ3n) is 5.65. The van der Waals surface area contributed by atoms with Gasteiger partial charge in [-0.2, -0.15) is 0 Å². The summed E-state index contributed by atoms with van der Waals surface area (Å²) in [6, 6.07) is 16.7. The molecule has 0 saturated carbocycles. The molecule has 196 valence electrons. The van der Waals surface area contributed by atoms with Crippen LogP contribution in [0, 0.1) is 11.6 Å². The number of amides is 2. The predicted molar refractivity (Wildman–Crippen MR) is 139 cm³/mol. The van der Waals surface area contributed by atoms with Crippen molar-refractivity contribution in [2.75, 3.05) is 24.2 Å². The maximum absolute atomic E-state index is 13.7. The molecule has 1 N–H and O–H groups in total. The van der Waals surface area contributed by atoms with Crippen LogP contribution in [0.15, 0.2) is 72.8 Å². The predicted octanol–water partition coefficient (Wildman–Crippen LogP) is 3.77. The van der Waals surface area contributed by atoms with Crippen molar-refractivity contribution in [3.63, 3.8) is 0 Å². The van der Waals surface area contributed by atoms with Crippen LogP contribution in [-0.4, -0.2) is 51.0 Å². The summed E-state index contributed by atoms with van der Waals surface area (Å²) in [5.41, 5.74) is 1.30. The van der Waals surface area contributed by atoms with Gasteiger partial charge in [0, 0.05) is 20.0 Å². The third kappa shape index (κ3) is 7.50. The van der Waals surface area contributed by atoms with Crippen LogP contribution >= 0.6 is 11.6 Å². The molecule has 0 spiro atoms. The first-order valence-corrected chi connectivity index (χ1v) is 13.4. The van der Waals surface area contributed by atoms with Gasteiger partial charge in [-0.1, -0.05) is 54.1 Å². The van der Waals surface area contributed by atoms with Crippen LogP contribution in [0.1, 0.15) is 11.1 Å². The number of hydrogen-bond acceptors (Lipinski definition) is 4. The van der Waals surface area contributed by atoms with Gasteiger partial charge in [-0.15, -0.1) is 0 Å². The van der Waals surface area contributed by atoms with Gasteiger partial charge in [0.25, 0.3) is 0 Å². The van der Waals surface area contributed by atoms with Crippen LogP contribution in [0.25, 0.3) is 0 Å². The highest BCUT2D eigenvalue weighted by atomic mass is 35.5. The van der Waals surface area contributed by atoms with E-state index in [9.17, 15) is 26.8 Å². The summed E-state index contributed by atoms with van der Waals surface area (Å²) in [6.07, 6.45) is 1.05. The van der Waals surface area contributed by atoms with Crippen molar-refractivity contribution in [2.24, 2.45) is 0 Å². The lowest BCUT2D eigenvalue weighted by Gasteiger charge is -2.33. The van der Waals surface area contributed by atoms with Gasteiger partial charge in [-0.25, -0.2) is 17.2 Å². The van der Waals surface area contributed by atoms with Crippen LogP contribution < -0.4 is 9.62 Å². The number of halogens is 3. The number of nitrogens with zero attached hydrogens (tertiary/aromatic N) is 2. The molecule has 0 bridgehead atoms. The third-order valence-corrected chi connectivity index (χ3v) is 7.08. The van der Waals surface area contributed by atoms with Crippen LogP contribution in [0.4, 0.5) is 14.5 Å². The molecule has 3 rings (SSSR count). The number of hydrogen-bond donors (Lipinski definition) is 1. The van der Waals surface area contributed by atoms with E-state index in [1.54, 1.807) is 24.3 Å². The van der Waals surface area contributed by atoms with Crippen molar-refractivity contribution in [1.82, 2.24) is 10.2 Å². The van der Waals surface area contributed by atoms with Gasteiger partial charge in [0.1, 0.15) is 24.2 Å². The fourth-order valence-corrected chi connectivity index (χ4v) is 4.78. The molecule has 2 amide bonds. The molecule has 11 heteroatoms. The molecule has 0 radical (unpaired) electrons. The van der Waals surface area contributed by atoms with Crippen LogP contribution in [0.5, 0.6) is 0 Å². The summed E-state index contributed by atoms with van der Waals surface area (Å²) in [5.74, 6) is -2.37. The van der Waals surface area contributed by atoms with E-state index in [1.807, 2.05) is 6.07 Å². The first-order chi connectivity index (χ1) is 17.5. The monoisotopic (exact) mass is 549 g/mol. The molecule has 0 aliphatic rings. The Morgan fingerprint density at radius 1 is 0.973 bits per heavy atom. The minimum atomic E-state index is -4.01. The van der Waals surface area contributed by atoms with E-state index >= 15 is 0 Å². The number of rotatable bonds is 10. The molecule has 0 heterocycles. The first-order valence-electron chi connectivity index (χ1n) is 11.2.